The highest BCUT2D eigenvalue weighted by Gasteiger charge is 2.37. The average Bonchev–Trinajstić information content (AvgIpc) is 2.36. The van der Waals surface area contributed by atoms with E-state index in [4.69, 9.17) is 14.6 Å². The Hall–Kier alpha value is -2.47. The van der Waals surface area contributed by atoms with Crippen LogP contribution in [0.5, 0.6) is 0 Å². The van der Waals surface area contributed by atoms with Gasteiger partial charge in [-0.05, 0) is 13.1 Å². The van der Waals surface area contributed by atoms with E-state index < -0.39 is 36.3 Å². The van der Waals surface area contributed by atoms with Crippen LogP contribution in [0.25, 0.3) is 0 Å². The minimum Gasteiger partial charge on any atom is -0.494 e. The van der Waals surface area contributed by atoms with Gasteiger partial charge in [-0.15, -0.1) is 0 Å². The second-order valence-corrected chi connectivity index (χ2v) is 4.42. The van der Waals surface area contributed by atoms with Crippen molar-refractivity contribution in [2.75, 3.05) is 20.1 Å². The van der Waals surface area contributed by atoms with Crippen LogP contribution in [0.3, 0.4) is 0 Å². The minimum atomic E-state index is -1.65. The van der Waals surface area contributed by atoms with Gasteiger partial charge in [-0.2, -0.15) is 5.26 Å². The van der Waals surface area contributed by atoms with Crippen molar-refractivity contribution in [1.29, 1.82) is 5.26 Å². The lowest BCUT2D eigenvalue weighted by Gasteiger charge is -2.22. The fraction of sp³-hybridized carbons (Fsp3) is 0.250. The van der Waals surface area contributed by atoms with Crippen LogP contribution in [-0.2, 0) is 18.9 Å². The van der Waals surface area contributed by atoms with Gasteiger partial charge in [0, 0.05) is 5.46 Å². The molecule has 0 aliphatic carbocycles. The van der Waals surface area contributed by atoms with Crippen molar-refractivity contribution < 1.29 is 27.7 Å². The molecule has 6 nitrogen and oxygen atoms in total. The zero-order valence-corrected chi connectivity index (χ0v) is 10.9. The summed E-state index contributed by atoms with van der Waals surface area (Å²) < 4.78 is 37.0. The van der Waals surface area contributed by atoms with E-state index in [2.05, 4.69) is 0 Å². The number of benzene rings is 1. The summed E-state index contributed by atoms with van der Waals surface area (Å²) in [5.41, 5.74) is -1.22. The van der Waals surface area contributed by atoms with Crippen molar-refractivity contribution in [3.8, 4) is 6.07 Å². The van der Waals surface area contributed by atoms with Gasteiger partial charge in [-0.1, -0.05) is 6.07 Å². The summed E-state index contributed by atoms with van der Waals surface area (Å²) in [6.07, 6.45) is 0. The third-order valence-electron chi connectivity index (χ3n) is 2.76. The summed E-state index contributed by atoms with van der Waals surface area (Å²) in [4.78, 5) is 24.5. The standard InChI is InChI=1S/C12H9BF2N2O4/c1-17-5-10(18)20-13(21-11(19)6-17)8-2-3-9(14)7(4-16)12(8)15/h2-3H,5-6H2,1H3. The lowest BCUT2D eigenvalue weighted by Crippen LogP contribution is -2.49. The van der Waals surface area contributed by atoms with E-state index in [9.17, 15) is 18.4 Å². The van der Waals surface area contributed by atoms with E-state index in [-0.39, 0.29) is 18.6 Å². The van der Waals surface area contributed by atoms with Gasteiger partial charge in [0.15, 0.2) is 0 Å². The number of nitrogens with zero attached hydrogens (tertiary/aromatic N) is 2. The van der Waals surface area contributed by atoms with Gasteiger partial charge in [0.1, 0.15) is 23.3 Å². The molecule has 108 valence electrons. The molecule has 1 aliphatic rings. The van der Waals surface area contributed by atoms with E-state index >= 15 is 0 Å². The number of carbonyl (C=O) groups is 2. The second-order valence-electron chi connectivity index (χ2n) is 4.42. The molecule has 9 heteroatoms. The Kier molecular flexibility index (Phi) is 4.19. The Bertz CT molecular complexity index is 627. The number of nitriles is 1. The first-order chi connectivity index (χ1) is 9.92. The van der Waals surface area contributed by atoms with Gasteiger partial charge in [-0.25, -0.2) is 8.78 Å². The molecule has 21 heavy (non-hydrogen) atoms. The number of likely N-dealkylation sites (N-methyl/N-ethyl adjacent to an activating group) is 1. The molecular formula is C12H9BF2N2O4. The summed E-state index contributed by atoms with van der Waals surface area (Å²) in [6, 6.07) is 3.16. The summed E-state index contributed by atoms with van der Waals surface area (Å²) in [6.45, 7) is -0.362. The quantitative estimate of drug-likeness (QED) is 0.654. The highest BCUT2D eigenvalue weighted by molar-refractivity contribution is 6.64. The van der Waals surface area contributed by atoms with Crippen LogP contribution in [0.15, 0.2) is 12.1 Å². The zero-order valence-electron chi connectivity index (χ0n) is 10.9. The Morgan fingerprint density at radius 3 is 2.33 bits per heavy atom. The van der Waals surface area contributed by atoms with E-state index in [0.29, 0.717) is 0 Å². The van der Waals surface area contributed by atoms with Gasteiger partial charge in [0.2, 0.25) is 0 Å². The molecule has 0 radical (unpaired) electrons. The maximum Gasteiger partial charge on any atom is 0.639 e. The maximum atomic E-state index is 14.0. The third-order valence-corrected chi connectivity index (χ3v) is 2.76. The smallest absolute Gasteiger partial charge is 0.494 e. The van der Waals surface area contributed by atoms with E-state index in [1.807, 2.05) is 0 Å². The molecule has 0 saturated carbocycles. The largest absolute Gasteiger partial charge is 0.639 e. The van der Waals surface area contributed by atoms with Crippen LogP contribution in [0.2, 0.25) is 0 Å². The van der Waals surface area contributed by atoms with Gasteiger partial charge < -0.3 is 9.31 Å². The molecule has 0 bridgehead atoms. The number of hydrogen-bond acceptors (Lipinski definition) is 6. The van der Waals surface area contributed by atoms with E-state index in [1.54, 1.807) is 0 Å². The monoisotopic (exact) mass is 294 g/mol. The first-order valence-corrected chi connectivity index (χ1v) is 5.88. The topological polar surface area (TPSA) is 79.6 Å². The first kappa shape index (κ1) is 14.9. The Balaban J connectivity index is 2.38. The summed E-state index contributed by atoms with van der Waals surface area (Å²) in [7, 11) is -0.138. The van der Waals surface area contributed by atoms with Crippen molar-refractivity contribution in [3.63, 3.8) is 0 Å². The van der Waals surface area contributed by atoms with Crippen LogP contribution in [0.1, 0.15) is 5.56 Å². The number of hydrogen-bond donors (Lipinski definition) is 0. The van der Waals surface area contributed by atoms with Crippen LogP contribution in [-0.4, -0.2) is 44.1 Å². The Morgan fingerprint density at radius 2 is 1.81 bits per heavy atom. The van der Waals surface area contributed by atoms with Gasteiger partial charge in [-0.3, -0.25) is 14.5 Å². The highest BCUT2D eigenvalue weighted by Crippen LogP contribution is 2.11. The Morgan fingerprint density at radius 1 is 1.24 bits per heavy atom. The fourth-order valence-electron chi connectivity index (χ4n) is 1.81. The molecule has 0 spiro atoms. The number of halogens is 2. The summed E-state index contributed by atoms with van der Waals surface area (Å²) in [5.74, 6) is -3.76. The predicted octanol–water partition coefficient (Wildman–Crippen LogP) is -0.437. The normalized spacial score (nSPS) is 16.6. The van der Waals surface area contributed by atoms with Crippen LogP contribution in [0, 0.1) is 23.0 Å². The molecule has 2 rings (SSSR count). The first-order valence-electron chi connectivity index (χ1n) is 5.88. The second kappa shape index (κ2) is 5.89. The molecule has 1 aromatic rings. The van der Waals surface area contributed by atoms with Crippen LogP contribution >= 0.6 is 0 Å². The summed E-state index contributed by atoms with van der Waals surface area (Å²) in [5, 5.41) is 8.71. The zero-order chi connectivity index (χ0) is 15.6. The van der Waals surface area contributed by atoms with E-state index in [0.717, 1.165) is 12.1 Å². The number of carbonyl (C=O) groups excluding carboxylic acids is 2. The lowest BCUT2D eigenvalue weighted by molar-refractivity contribution is -0.145. The van der Waals surface area contributed by atoms with Crippen molar-refractivity contribution in [1.82, 2.24) is 4.90 Å². The average molecular weight is 294 g/mol. The van der Waals surface area contributed by atoms with Crippen molar-refractivity contribution in [3.05, 3.63) is 29.3 Å². The molecule has 1 aliphatic heterocycles. The minimum absolute atomic E-state index is 0.181. The molecule has 0 N–H and O–H groups in total. The molecule has 1 fully saturated rings. The van der Waals surface area contributed by atoms with Gasteiger partial charge >= 0.3 is 19.1 Å². The summed E-state index contributed by atoms with van der Waals surface area (Å²) >= 11 is 0. The predicted molar refractivity (Wildman–Crippen MR) is 66.1 cm³/mol. The van der Waals surface area contributed by atoms with Crippen molar-refractivity contribution >= 4 is 24.5 Å². The molecule has 0 atom stereocenters. The maximum absolute atomic E-state index is 14.0. The molecular weight excluding hydrogens is 285 g/mol. The van der Waals surface area contributed by atoms with Crippen molar-refractivity contribution in [2.45, 2.75) is 0 Å². The molecule has 0 amide bonds. The van der Waals surface area contributed by atoms with Gasteiger partial charge in [0.25, 0.3) is 0 Å². The molecule has 0 aromatic heterocycles. The molecule has 1 heterocycles. The fourth-order valence-corrected chi connectivity index (χ4v) is 1.81. The number of rotatable bonds is 1. The van der Waals surface area contributed by atoms with Crippen molar-refractivity contribution in [2.24, 2.45) is 0 Å². The highest BCUT2D eigenvalue weighted by atomic mass is 19.1. The molecule has 0 unspecified atom stereocenters. The van der Waals surface area contributed by atoms with Crippen LogP contribution < -0.4 is 5.46 Å². The van der Waals surface area contributed by atoms with Gasteiger partial charge in [0.05, 0.1) is 13.1 Å². The Labute approximate surface area is 119 Å². The SMILES string of the molecule is CN1CC(=O)OB(c2ccc(F)c(C#N)c2F)OC(=O)C1. The third kappa shape index (κ3) is 3.17. The molecule has 1 saturated heterocycles. The van der Waals surface area contributed by atoms with Crippen LogP contribution in [0.4, 0.5) is 8.78 Å². The molecule has 1 aromatic carbocycles. The van der Waals surface area contributed by atoms with E-state index in [1.165, 1.54) is 18.0 Å². The lowest BCUT2D eigenvalue weighted by atomic mass is 9.77.